The van der Waals surface area contributed by atoms with Gasteiger partial charge in [-0.3, -0.25) is 9.78 Å². The highest BCUT2D eigenvalue weighted by atomic mass is 16.5. The Hall–Kier alpha value is -4.58. The summed E-state index contributed by atoms with van der Waals surface area (Å²) in [7, 11) is 0. The van der Waals surface area contributed by atoms with Gasteiger partial charge >= 0.3 is 0 Å². The fourth-order valence-corrected chi connectivity index (χ4v) is 3.70. The Morgan fingerprint density at radius 3 is 2.46 bits per heavy atom. The van der Waals surface area contributed by atoms with Crippen LogP contribution in [0.1, 0.15) is 25.5 Å². The average molecular weight is 465 g/mol. The van der Waals surface area contributed by atoms with Gasteiger partial charge in [0, 0.05) is 29.6 Å². The largest absolute Gasteiger partial charge is 0.457 e. The Morgan fingerprint density at radius 1 is 1.00 bits per heavy atom. The number of hydrogen-bond donors (Lipinski definition) is 1. The molecule has 6 heteroatoms. The summed E-state index contributed by atoms with van der Waals surface area (Å²) in [5.74, 6) is 3.22. The van der Waals surface area contributed by atoms with E-state index in [9.17, 15) is 4.79 Å². The van der Waals surface area contributed by atoms with Crippen molar-refractivity contribution < 1.29 is 18.7 Å². The number of amides is 1. The summed E-state index contributed by atoms with van der Waals surface area (Å²) >= 11 is 0. The molecule has 0 atom stereocenters. The molecule has 0 aliphatic heterocycles. The van der Waals surface area contributed by atoms with Crippen LogP contribution in [0.2, 0.25) is 0 Å². The van der Waals surface area contributed by atoms with Crippen molar-refractivity contribution in [3.63, 3.8) is 0 Å². The molecule has 35 heavy (non-hydrogen) atoms. The Labute approximate surface area is 203 Å². The maximum atomic E-state index is 12.0. The van der Waals surface area contributed by atoms with E-state index in [1.54, 1.807) is 19.2 Å². The van der Waals surface area contributed by atoms with E-state index < -0.39 is 0 Å². The van der Waals surface area contributed by atoms with Crippen LogP contribution < -0.4 is 14.8 Å². The molecule has 6 nitrogen and oxygen atoms in total. The van der Waals surface area contributed by atoms with Crippen LogP contribution in [-0.4, -0.2) is 10.9 Å². The lowest BCUT2D eigenvalue weighted by Gasteiger charge is -2.13. The lowest BCUT2D eigenvalue weighted by atomic mass is 10.0. The van der Waals surface area contributed by atoms with E-state index >= 15 is 0 Å². The first-order valence-electron chi connectivity index (χ1n) is 11.3. The molecule has 2 aromatic carbocycles. The summed E-state index contributed by atoms with van der Waals surface area (Å²) in [6.45, 7) is 5.37. The van der Waals surface area contributed by atoms with Gasteiger partial charge in [-0.2, -0.15) is 0 Å². The van der Waals surface area contributed by atoms with Gasteiger partial charge in [-0.1, -0.05) is 30.9 Å². The summed E-state index contributed by atoms with van der Waals surface area (Å²) in [5.41, 5.74) is 3.44. The van der Waals surface area contributed by atoms with Crippen molar-refractivity contribution in [2.45, 2.75) is 19.8 Å². The van der Waals surface area contributed by atoms with Crippen LogP contribution in [0.3, 0.4) is 0 Å². The predicted molar refractivity (Wildman–Crippen MR) is 135 cm³/mol. The van der Waals surface area contributed by atoms with Crippen LogP contribution in [-0.2, 0) is 4.79 Å². The third-order valence-corrected chi connectivity index (χ3v) is 5.48. The molecular formula is C29H24N2O4. The minimum absolute atomic E-state index is 0.198. The fraction of sp³-hybridized carbons (Fsp3) is 0.103. The van der Waals surface area contributed by atoms with Crippen molar-refractivity contribution >= 4 is 22.6 Å². The molecule has 0 bridgehead atoms. The number of fused-ring (bicyclic) bond motifs is 1. The fourth-order valence-electron chi connectivity index (χ4n) is 3.70. The van der Waals surface area contributed by atoms with Gasteiger partial charge in [-0.05, 0) is 67.8 Å². The van der Waals surface area contributed by atoms with Gasteiger partial charge < -0.3 is 19.2 Å². The lowest BCUT2D eigenvalue weighted by molar-refractivity contribution is -0.116. The first-order chi connectivity index (χ1) is 17.0. The molecule has 1 N–H and O–H groups in total. The maximum absolute atomic E-state index is 12.0. The number of nitrogens with zero attached hydrogens (tertiary/aromatic N) is 1. The first kappa shape index (κ1) is 22.2. The molecule has 2 heterocycles. The summed E-state index contributed by atoms with van der Waals surface area (Å²) in [4.78, 5) is 16.4. The van der Waals surface area contributed by atoms with E-state index in [2.05, 4.69) is 16.9 Å². The summed E-state index contributed by atoms with van der Waals surface area (Å²) in [6.07, 6.45) is 7.20. The van der Waals surface area contributed by atoms with E-state index in [1.807, 2.05) is 72.8 Å². The lowest BCUT2D eigenvalue weighted by Crippen LogP contribution is -2.23. The number of allylic oxidation sites excluding steroid dienone is 3. The second kappa shape index (κ2) is 9.73. The second-order valence-corrected chi connectivity index (χ2v) is 8.22. The minimum Gasteiger partial charge on any atom is -0.457 e. The normalized spacial score (nSPS) is 13.1. The molecule has 5 rings (SSSR count). The molecule has 1 aliphatic rings. The summed E-state index contributed by atoms with van der Waals surface area (Å²) in [5, 5.41) is 2.87. The van der Waals surface area contributed by atoms with Crippen LogP contribution in [0.25, 0.3) is 16.7 Å². The topological polar surface area (TPSA) is 73.6 Å². The van der Waals surface area contributed by atoms with E-state index in [4.69, 9.17) is 13.9 Å². The molecule has 0 saturated heterocycles. The monoisotopic (exact) mass is 464 g/mol. The molecule has 1 amide bonds. The van der Waals surface area contributed by atoms with E-state index in [0.717, 1.165) is 35.6 Å². The van der Waals surface area contributed by atoms with Gasteiger partial charge in [-0.15, -0.1) is 0 Å². The molecule has 1 aliphatic carbocycles. The third kappa shape index (κ3) is 5.17. The van der Waals surface area contributed by atoms with Crippen LogP contribution >= 0.6 is 0 Å². The summed E-state index contributed by atoms with van der Waals surface area (Å²) in [6, 6.07) is 20.7. The molecule has 0 saturated carbocycles. The highest BCUT2D eigenvalue weighted by molar-refractivity contribution is 5.94. The molecule has 0 spiro atoms. The highest BCUT2D eigenvalue weighted by Crippen LogP contribution is 2.36. The standard InChI is InChI=1S/C29H24N2O4/c1-19(2)29(32)31-21-8-6-7-20(17-21)27-18-25-28(35-27)26(15-16-30-25)34-24-13-11-23(12-14-24)33-22-9-4-3-5-10-22/h3-5,8-18H,1,6-7H2,2H3,(H,31,32). The van der Waals surface area contributed by atoms with Gasteiger partial charge in [0.2, 0.25) is 0 Å². The van der Waals surface area contributed by atoms with Crippen molar-refractivity contribution in [3.05, 3.63) is 109 Å². The molecule has 0 radical (unpaired) electrons. The van der Waals surface area contributed by atoms with Crippen LogP contribution in [0.5, 0.6) is 23.0 Å². The smallest absolute Gasteiger partial charge is 0.250 e. The number of furan rings is 1. The second-order valence-electron chi connectivity index (χ2n) is 8.22. The van der Waals surface area contributed by atoms with E-state index in [0.29, 0.717) is 33.9 Å². The van der Waals surface area contributed by atoms with Crippen molar-refractivity contribution in [1.29, 1.82) is 0 Å². The Bertz CT molecular complexity index is 1450. The number of nitrogens with one attached hydrogen (secondary N) is 1. The number of benzene rings is 2. The van der Waals surface area contributed by atoms with Crippen molar-refractivity contribution in [2.24, 2.45) is 0 Å². The molecule has 4 aromatic rings. The Kier molecular flexibility index (Phi) is 6.18. The quantitative estimate of drug-likeness (QED) is 0.294. The molecule has 174 valence electrons. The minimum atomic E-state index is -0.198. The number of hydrogen-bond acceptors (Lipinski definition) is 5. The van der Waals surface area contributed by atoms with E-state index in [-0.39, 0.29) is 5.91 Å². The number of pyridine rings is 1. The number of carbonyl (C=O) groups is 1. The molecular weight excluding hydrogens is 440 g/mol. The van der Waals surface area contributed by atoms with Crippen LogP contribution in [0.4, 0.5) is 0 Å². The van der Waals surface area contributed by atoms with Gasteiger partial charge in [0.25, 0.3) is 5.91 Å². The first-order valence-corrected chi connectivity index (χ1v) is 11.3. The number of ether oxygens (including phenoxy) is 2. The van der Waals surface area contributed by atoms with Gasteiger partial charge in [-0.25, -0.2) is 0 Å². The zero-order valence-electron chi connectivity index (χ0n) is 19.3. The van der Waals surface area contributed by atoms with Crippen molar-refractivity contribution in [2.75, 3.05) is 0 Å². The van der Waals surface area contributed by atoms with Crippen molar-refractivity contribution in [1.82, 2.24) is 10.3 Å². The number of carbonyl (C=O) groups excluding carboxylic acids is 1. The average Bonchev–Trinajstić information content (AvgIpc) is 3.32. The van der Waals surface area contributed by atoms with Gasteiger partial charge in [0.1, 0.15) is 28.5 Å². The maximum Gasteiger partial charge on any atom is 0.250 e. The van der Waals surface area contributed by atoms with Crippen LogP contribution in [0, 0.1) is 0 Å². The summed E-state index contributed by atoms with van der Waals surface area (Å²) < 4.78 is 18.1. The molecule has 2 aromatic heterocycles. The van der Waals surface area contributed by atoms with Crippen molar-refractivity contribution in [3.8, 4) is 23.0 Å². The number of para-hydroxylation sites is 1. The van der Waals surface area contributed by atoms with E-state index in [1.165, 1.54) is 0 Å². The Morgan fingerprint density at radius 2 is 1.71 bits per heavy atom. The van der Waals surface area contributed by atoms with Gasteiger partial charge in [0.05, 0.1) is 0 Å². The van der Waals surface area contributed by atoms with Gasteiger partial charge in [0.15, 0.2) is 11.3 Å². The third-order valence-electron chi connectivity index (χ3n) is 5.48. The highest BCUT2D eigenvalue weighted by Gasteiger charge is 2.17. The number of rotatable bonds is 7. The SMILES string of the molecule is C=C(C)C(=O)NC1=CCCC(c2cc3nccc(Oc4ccc(Oc5ccccc5)cc4)c3o2)=C1. The molecule has 0 unspecified atom stereocenters. The zero-order chi connectivity index (χ0) is 24.2. The molecule has 0 fully saturated rings. The number of aromatic nitrogens is 1. The Balaban J connectivity index is 1.35. The predicted octanol–water partition coefficient (Wildman–Crippen LogP) is 7.17. The zero-order valence-corrected chi connectivity index (χ0v) is 19.3. The van der Waals surface area contributed by atoms with Crippen LogP contribution in [0.15, 0.2) is 107 Å².